The van der Waals surface area contributed by atoms with Crippen molar-refractivity contribution in [3.05, 3.63) is 0 Å². The molecule has 2 unspecified atom stereocenters. The number of carbonyl (C=O) groups excluding carboxylic acids is 1. The Morgan fingerprint density at radius 1 is 1.39 bits per heavy atom. The lowest BCUT2D eigenvalue weighted by Crippen LogP contribution is -2.34. The third kappa shape index (κ3) is 8.44. The summed E-state index contributed by atoms with van der Waals surface area (Å²) in [5.41, 5.74) is 5.56. The van der Waals surface area contributed by atoms with Gasteiger partial charge in [-0.25, -0.2) is 0 Å². The number of hydrogen-bond acceptors (Lipinski definition) is 4. The number of ether oxygens (including phenoxy) is 1. The highest BCUT2D eigenvalue weighted by Gasteiger charge is 2.14. The van der Waals surface area contributed by atoms with Crippen LogP contribution in [0, 0.1) is 11.8 Å². The molecule has 108 valence electrons. The molecule has 5 heteroatoms. The zero-order chi connectivity index (χ0) is 14.0. The normalized spacial score (nSPS) is 14.6. The molecule has 5 nitrogen and oxygen atoms in total. The van der Waals surface area contributed by atoms with Gasteiger partial charge in [0.1, 0.15) is 0 Å². The van der Waals surface area contributed by atoms with Crippen LogP contribution in [0.25, 0.3) is 0 Å². The molecule has 0 aromatic heterocycles. The highest BCUT2D eigenvalue weighted by molar-refractivity contribution is 5.75. The number of hydrogen-bond donors (Lipinski definition) is 3. The second kappa shape index (κ2) is 10.3. The summed E-state index contributed by atoms with van der Waals surface area (Å²) in [5, 5.41) is 12.1. The van der Waals surface area contributed by atoms with E-state index in [9.17, 15) is 9.90 Å². The fourth-order valence-electron chi connectivity index (χ4n) is 1.91. The second-order valence-corrected chi connectivity index (χ2v) is 5.03. The van der Waals surface area contributed by atoms with E-state index in [-0.39, 0.29) is 19.1 Å². The highest BCUT2D eigenvalue weighted by atomic mass is 16.5. The predicted molar refractivity (Wildman–Crippen MR) is 72.1 cm³/mol. The summed E-state index contributed by atoms with van der Waals surface area (Å²) < 4.78 is 4.78. The summed E-state index contributed by atoms with van der Waals surface area (Å²) >= 11 is 0. The zero-order valence-electron chi connectivity index (χ0n) is 11.8. The summed E-state index contributed by atoms with van der Waals surface area (Å²) in [6.45, 7) is 5.45. The minimum atomic E-state index is -0.635. The Labute approximate surface area is 110 Å². The Morgan fingerprint density at radius 3 is 2.56 bits per heavy atom. The van der Waals surface area contributed by atoms with E-state index in [0.29, 0.717) is 24.8 Å². The van der Waals surface area contributed by atoms with Gasteiger partial charge < -0.3 is 20.9 Å². The van der Waals surface area contributed by atoms with Crippen LogP contribution in [-0.4, -0.2) is 43.9 Å². The molecule has 0 aliphatic heterocycles. The van der Waals surface area contributed by atoms with Crippen LogP contribution >= 0.6 is 0 Å². The molecule has 0 aromatic carbocycles. The van der Waals surface area contributed by atoms with E-state index in [1.54, 1.807) is 0 Å². The minimum Gasteiger partial charge on any atom is -0.389 e. The molecule has 4 N–H and O–H groups in total. The number of rotatable bonds is 10. The molecule has 0 bridgehead atoms. The first-order valence-electron chi connectivity index (χ1n) is 6.65. The maximum Gasteiger partial charge on any atom is 0.220 e. The van der Waals surface area contributed by atoms with E-state index in [1.165, 1.54) is 7.11 Å². The topological polar surface area (TPSA) is 84.6 Å². The van der Waals surface area contributed by atoms with Gasteiger partial charge >= 0.3 is 0 Å². The molecule has 0 aliphatic carbocycles. The Bertz CT molecular complexity index is 222. The SMILES string of the molecule is COCC(O)CNC(=O)CCC(CCN)C(C)C. The van der Waals surface area contributed by atoms with Gasteiger partial charge in [0.15, 0.2) is 0 Å². The van der Waals surface area contributed by atoms with Crippen LogP contribution in [0.5, 0.6) is 0 Å². The number of amides is 1. The zero-order valence-corrected chi connectivity index (χ0v) is 11.8. The molecule has 0 aliphatic rings. The minimum absolute atomic E-state index is 0.0205. The molecule has 2 atom stereocenters. The van der Waals surface area contributed by atoms with Gasteiger partial charge in [0.2, 0.25) is 5.91 Å². The van der Waals surface area contributed by atoms with E-state index in [0.717, 1.165) is 12.8 Å². The van der Waals surface area contributed by atoms with Gasteiger partial charge in [-0.05, 0) is 31.2 Å². The lowest BCUT2D eigenvalue weighted by Gasteiger charge is -2.19. The molecular weight excluding hydrogens is 232 g/mol. The highest BCUT2D eigenvalue weighted by Crippen LogP contribution is 2.20. The summed E-state index contributed by atoms with van der Waals surface area (Å²) in [5.74, 6) is 1.01. The standard InChI is InChI=1S/C13H28N2O3/c1-10(2)11(6-7-14)4-5-13(17)15-8-12(16)9-18-3/h10-12,16H,4-9,14H2,1-3H3,(H,15,17). The summed E-state index contributed by atoms with van der Waals surface area (Å²) in [6.07, 6.45) is 1.66. The lowest BCUT2D eigenvalue weighted by atomic mass is 9.88. The molecule has 18 heavy (non-hydrogen) atoms. The van der Waals surface area contributed by atoms with Crippen LogP contribution in [0.2, 0.25) is 0 Å². The average Bonchev–Trinajstić information content (AvgIpc) is 2.31. The first-order chi connectivity index (χ1) is 8.51. The summed E-state index contributed by atoms with van der Waals surface area (Å²) in [7, 11) is 1.52. The van der Waals surface area contributed by atoms with Crippen molar-refractivity contribution in [2.75, 3.05) is 26.8 Å². The average molecular weight is 260 g/mol. The molecular formula is C13H28N2O3. The monoisotopic (exact) mass is 260 g/mol. The summed E-state index contributed by atoms with van der Waals surface area (Å²) in [4.78, 5) is 11.6. The van der Waals surface area contributed by atoms with Gasteiger partial charge in [-0.1, -0.05) is 13.8 Å². The fourth-order valence-corrected chi connectivity index (χ4v) is 1.91. The number of aliphatic hydroxyl groups is 1. The van der Waals surface area contributed by atoms with Crippen LogP contribution in [0.3, 0.4) is 0 Å². The molecule has 0 spiro atoms. The lowest BCUT2D eigenvalue weighted by molar-refractivity contribution is -0.122. The van der Waals surface area contributed by atoms with Crippen LogP contribution in [0.15, 0.2) is 0 Å². The third-order valence-electron chi connectivity index (χ3n) is 3.12. The summed E-state index contributed by atoms with van der Waals surface area (Å²) in [6, 6.07) is 0. The molecule has 0 rings (SSSR count). The number of nitrogens with two attached hydrogens (primary N) is 1. The van der Waals surface area contributed by atoms with Crippen molar-refractivity contribution in [1.29, 1.82) is 0 Å². The molecule has 0 fully saturated rings. The van der Waals surface area contributed by atoms with Gasteiger partial charge in [0.05, 0.1) is 12.7 Å². The van der Waals surface area contributed by atoms with Gasteiger partial charge in [0.25, 0.3) is 0 Å². The van der Waals surface area contributed by atoms with Crippen molar-refractivity contribution in [2.45, 2.75) is 39.2 Å². The molecule has 0 radical (unpaired) electrons. The number of nitrogens with one attached hydrogen (secondary N) is 1. The largest absolute Gasteiger partial charge is 0.389 e. The fraction of sp³-hybridized carbons (Fsp3) is 0.923. The van der Waals surface area contributed by atoms with Gasteiger partial charge in [-0.3, -0.25) is 4.79 Å². The maximum absolute atomic E-state index is 11.6. The van der Waals surface area contributed by atoms with Gasteiger partial charge in [0, 0.05) is 20.1 Å². The van der Waals surface area contributed by atoms with Crippen molar-refractivity contribution < 1.29 is 14.6 Å². The van der Waals surface area contributed by atoms with Gasteiger partial charge in [-0.2, -0.15) is 0 Å². The number of methoxy groups -OCH3 is 1. The second-order valence-electron chi connectivity index (χ2n) is 5.03. The molecule has 0 heterocycles. The smallest absolute Gasteiger partial charge is 0.220 e. The Morgan fingerprint density at radius 2 is 2.06 bits per heavy atom. The van der Waals surface area contributed by atoms with Crippen LogP contribution in [-0.2, 0) is 9.53 Å². The van der Waals surface area contributed by atoms with E-state index < -0.39 is 6.10 Å². The van der Waals surface area contributed by atoms with Crippen LogP contribution in [0.1, 0.15) is 33.1 Å². The molecule has 1 amide bonds. The molecule has 0 aromatic rings. The maximum atomic E-state index is 11.6. The molecule has 0 saturated carbocycles. The van der Waals surface area contributed by atoms with E-state index in [2.05, 4.69) is 19.2 Å². The van der Waals surface area contributed by atoms with E-state index in [1.807, 2.05) is 0 Å². The number of aliphatic hydroxyl groups excluding tert-OH is 1. The first-order valence-corrected chi connectivity index (χ1v) is 6.65. The van der Waals surface area contributed by atoms with Crippen molar-refractivity contribution in [3.63, 3.8) is 0 Å². The van der Waals surface area contributed by atoms with Crippen molar-refractivity contribution in [3.8, 4) is 0 Å². The van der Waals surface area contributed by atoms with E-state index in [4.69, 9.17) is 10.5 Å². The van der Waals surface area contributed by atoms with Crippen LogP contribution < -0.4 is 11.1 Å². The van der Waals surface area contributed by atoms with E-state index >= 15 is 0 Å². The first kappa shape index (κ1) is 17.4. The third-order valence-corrected chi connectivity index (χ3v) is 3.12. The van der Waals surface area contributed by atoms with Gasteiger partial charge in [-0.15, -0.1) is 0 Å². The van der Waals surface area contributed by atoms with Crippen molar-refractivity contribution in [1.82, 2.24) is 5.32 Å². The van der Waals surface area contributed by atoms with Crippen LogP contribution in [0.4, 0.5) is 0 Å². The number of carbonyl (C=O) groups is 1. The Kier molecular flexibility index (Phi) is 9.92. The predicted octanol–water partition coefficient (Wildman–Crippen LogP) is 0.511. The molecule has 0 saturated heterocycles. The Balaban J connectivity index is 3.80. The van der Waals surface area contributed by atoms with Crippen molar-refractivity contribution >= 4 is 5.91 Å². The Hall–Kier alpha value is -0.650. The quantitative estimate of drug-likeness (QED) is 0.534. The van der Waals surface area contributed by atoms with Crippen molar-refractivity contribution in [2.24, 2.45) is 17.6 Å².